The van der Waals surface area contributed by atoms with Gasteiger partial charge in [0, 0.05) is 0 Å². The fourth-order valence-electron chi connectivity index (χ4n) is 3.86. The van der Waals surface area contributed by atoms with Gasteiger partial charge in [0.05, 0.1) is 0 Å². The quantitative estimate of drug-likeness (QED) is 0.400. The van der Waals surface area contributed by atoms with Gasteiger partial charge < -0.3 is 0 Å². The van der Waals surface area contributed by atoms with Crippen LogP contribution in [0.15, 0.2) is 60.7 Å². The van der Waals surface area contributed by atoms with Gasteiger partial charge >= 0.3 is 177 Å². The summed E-state index contributed by atoms with van der Waals surface area (Å²) >= 11 is -0.806. The molecule has 0 bridgehead atoms. The average molecular weight is 513 g/mol. The van der Waals surface area contributed by atoms with Gasteiger partial charge in [0.25, 0.3) is 0 Å². The normalized spacial score (nSPS) is 18.7. The number of methoxy groups -OCH3 is 1. The van der Waals surface area contributed by atoms with Crippen LogP contribution in [0.3, 0.4) is 0 Å². The van der Waals surface area contributed by atoms with Crippen molar-refractivity contribution >= 4 is 30.4 Å². The van der Waals surface area contributed by atoms with Gasteiger partial charge in [-0.2, -0.15) is 0 Å². The molecular weight excluding hydrogens is 478 g/mol. The number of rotatable bonds is 4. The summed E-state index contributed by atoms with van der Waals surface area (Å²) in [7, 11) is 1.74. The zero-order valence-electron chi connectivity index (χ0n) is 18.6. The molecule has 0 radical (unpaired) electrons. The summed E-state index contributed by atoms with van der Waals surface area (Å²) in [6.07, 6.45) is 10.7. The van der Waals surface area contributed by atoms with Gasteiger partial charge in [-0.25, -0.2) is 0 Å². The van der Waals surface area contributed by atoms with Crippen LogP contribution in [-0.4, -0.2) is 7.11 Å². The van der Waals surface area contributed by atoms with E-state index in [0.29, 0.717) is 5.92 Å². The van der Waals surface area contributed by atoms with Crippen LogP contribution in [0.5, 0.6) is 5.75 Å². The maximum atomic E-state index is 5.40. The Morgan fingerprint density at radius 2 is 1.59 bits per heavy atom. The number of hydrogen-bond acceptors (Lipinski definition) is 1. The second kappa shape index (κ2) is 10.2. The Labute approximate surface area is 201 Å². The van der Waals surface area contributed by atoms with Crippen LogP contribution in [0.2, 0.25) is 0 Å². The molecular formula is C25H34Cl2OZr. The Hall–Kier alpha value is -0.557. The van der Waals surface area contributed by atoms with Gasteiger partial charge in [0.2, 0.25) is 0 Å². The molecule has 0 saturated heterocycles. The van der Waals surface area contributed by atoms with Crippen molar-refractivity contribution in [1.29, 1.82) is 0 Å². The van der Waals surface area contributed by atoms with Crippen molar-refractivity contribution < 1.29 is 28.0 Å². The summed E-state index contributed by atoms with van der Waals surface area (Å²) in [5.74, 6) is 1.46. The molecule has 2 aliphatic carbocycles. The maximum absolute atomic E-state index is 5.40. The zero-order valence-corrected chi connectivity index (χ0v) is 22.7. The largest absolute Gasteiger partial charge is 0.147 e. The fourth-order valence-corrected chi connectivity index (χ4v) is 8.34. The van der Waals surface area contributed by atoms with Crippen LogP contribution in [-0.2, 0) is 23.2 Å². The van der Waals surface area contributed by atoms with Crippen molar-refractivity contribution in [2.75, 3.05) is 7.11 Å². The van der Waals surface area contributed by atoms with Crippen molar-refractivity contribution in [2.45, 2.75) is 48.0 Å². The van der Waals surface area contributed by atoms with E-state index in [1.807, 2.05) is 0 Å². The van der Waals surface area contributed by atoms with E-state index in [-0.39, 0.29) is 35.6 Å². The van der Waals surface area contributed by atoms with Gasteiger partial charge in [-0.15, -0.1) is 24.8 Å². The molecule has 0 N–H and O–H groups in total. The minimum absolute atomic E-state index is 0. The molecule has 0 saturated carbocycles. The van der Waals surface area contributed by atoms with E-state index in [2.05, 4.69) is 90.1 Å². The molecule has 0 heterocycles. The molecule has 158 valence electrons. The van der Waals surface area contributed by atoms with Gasteiger partial charge in [0.15, 0.2) is 0 Å². The molecule has 0 spiro atoms. The van der Waals surface area contributed by atoms with Crippen molar-refractivity contribution in [3.63, 3.8) is 0 Å². The molecule has 4 heteroatoms. The van der Waals surface area contributed by atoms with Crippen LogP contribution in [0.1, 0.15) is 53.5 Å². The van der Waals surface area contributed by atoms with E-state index in [1.165, 1.54) is 16.7 Å². The summed E-state index contributed by atoms with van der Waals surface area (Å²) in [5, 5.41) is 0. The van der Waals surface area contributed by atoms with Gasteiger partial charge in [-0.1, -0.05) is 0 Å². The van der Waals surface area contributed by atoms with Gasteiger partial charge in [0.1, 0.15) is 0 Å². The zero-order chi connectivity index (χ0) is 19.8. The van der Waals surface area contributed by atoms with E-state index in [9.17, 15) is 0 Å². The Morgan fingerprint density at radius 3 is 2.03 bits per heavy atom. The standard InChI is InChI=1S/C20H27O.C5H5.2ClH.Zr/c1-19(2,3)15-12-17(18(13-15)20(4,5)6)14-8-10-16(21-7)11-9-14;1-2-4-5-3-1;;;/h8-11,13,15H,1-7H3;1-3H,4H2;2*1H;. The topological polar surface area (TPSA) is 9.23 Å². The van der Waals surface area contributed by atoms with E-state index in [0.717, 1.165) is 12.2 Å². The molecule has 0 amide bonds. The Bertz CT molecular complexity index is 831. The predicted molar refractivity (Wildman–Crippen MR) is 127 cm³/mol. The summed E-state index contributed by atoms with van der Waals surface area (Å²) < 4.78 is 8.84. The van der Waals surface area contributed by atoms with Crippen molar-refractivity contribution in [2.24, 2.45) is 16.7 Å². The van der Waals surface area contributed by atoms with Crippen LogP contribution < -0.4 is 4.74 Å². The molecule has 1 nitrogen and oxygen atoms in total. The van der Waals surface area contributed by atoms with Crippen molar-refractivity contribution in [1.82, 2.24) is 0 Å². The minimum atomic E-state index is -0.806. The fraction of sp³-hybridized carbons (Fsp3) is 0.440. The second-order valence-electron chi connectivity index (χ2n) is 9.64. The first-order valence-corrected chi connectivity index (χ1v) is 12.3. The smallest absolute Gasteiger partial charge is 0.147 e. The molecule has 0 aliphatic heterocycles. The third-order valence-electron chi connectivity index (χ3n) is 5.37. The predicted octanol–water partition coefficient (Wildman–Crippen LogP) is 7.82. The number of halogens is 2. The summed E-state index contributed by atoms with van der Waals surface area (Å²) in [4.78, 5) is 0. The maximum Gasteiger partial charge on any atom is -0.147 e. The van der Waals surface area contributed by atoms with Crippen LogP contribution >= 0.6 is 24.8 Å². The van der Waals surface area contributed by atoms with Gasteiger partial charge in [-0.3, -0.25) is 0 Å². The van der Waals surface area contributed by atoms with E-state index >= 15 is 0 Å². The Morgan fingerprint density at radius 1 is 0.966 bits per heavy atom. The van der Waals surface area contributed by atoms with Crippen molar-refractivity contribution in [3.8, 4) is 5.75 Å². The summed E-state index contributed by atoms with van der Waals surface area (Å²) in [6.45, 7) is 14.2. The molecule has 29 heavy (non-hydrogen) atoms. The molecule has 1 aromatic carbocycles. The Kier molecular flexibility index (Phi) is 9.28. The first-order chi connectivity index (χ1) is 12.6. The number of benzene rings is 1. The summed E-state index contributed by atoms with van der Waals surface area (Å²) in [6, 6.07) is 8.71. The minimum Gasteiger partial charge on any atom is -0.147 e. The van der Waals surface area contributed by atoms with Crippen molar-refractivity contribution in [3.05, 3.63) is 66.3 Å². The SMILES string of the molecule is COc1ccc(C2=[C]([Zr][C]3=CC=CC3)C(C(C)(C)C)C=C2C(C)(C)C)cc1.Cl.Cl. The van der Waals surface area contributed by atoms with E-state index in [4.69, 9.17) is 4.74 Å². The Balaban J connectivity index is 0.00000210. The molecule has 1 atom stereocenters. The molecule has 0 fully saturated rings. The summed E-state index contributed by atoms with van der Waals surface area (Å²) in [5.41, 5.74) is 4.79. The first-order valence-electron chi connectivity index (χ1n) is 9.85. The van der Waals surface area contributed by atoms with Crippen LogP contribution in [0.4, 0.5) is 0 Å². The third-order valence-corrected chi connectivity index (χ3v) is 9.11. The molecule has 2 aliphatic rings. The van der Waals surface area contributed by atoms with Crippen LogP contribution in [0.25, 0.3) is 5.57 Å². The molecule has 3 rings (SSSR count). The van der Waals surface area contributed by atoms with E-state index in [1.54, 1.807) is 13.7 Å². The van der Waals surface area contributed by atoms with Crippen LogP contribution in [0, 0.1) is 16.7 Å². The molecule has 0 aromatic heterocycles. The average Bonchev–Trinajstić information content (AvgIpc) is 3.22. The van der Waals surface area contributed by atoms with E-state index < -0.39 is 23.2 Å². The monoisotopic (exact) mass is 510 g/mol. The third kappa shape index (κ3) is 5.99. The number of ether oxygens (including phenoxy) is 1. The number of allylic oxidation sites excluding steroid dienone is 8. The molecule has 1 unspecified atom stereocenters. The first kappa shape index (κ1) is 26.5. The molecule has 1 aromatic rings. The number of hydrogen-bond donors (Lipinski definition) is 0. The van der Waals surface area contributed by atoms with Gasteiger partial charge in [-0.05, 0) is 0 Å². The second-order valence-corrected chi connectivity index (χ2v) is 13.2.